The van der Waals surface area contributed by atoms with Crippen molar-refractivity contribution in [3.63, 3.8) is 0 Å². The maximum Gasteiger partial charge on any atom is 0.330 e. The third-order valence-corrected chi connectivity index (χ3v) is 2.92. The minimum absolute atomic E-state index is 0.172. The number of aromatic nitrogens is 2. The molecule has 1 aromatic heterocycles. The van der Waals surface area contributed by atoms with Crippen molar-refractivity contribution >= 4 is 0 Å². The first-order chi connectivity index (χ1) is 8.63. The number of ether oxygens (including phenoxy) is 2. The quantitative estimate of drug-likeness (QED) is 0.726. The van der Waals surface area contributed by atoms with E-state index in [0.29, 0.717) is 19.8 Å². The zero-order valence-corrected chi connectivity index (χ0v) is 10.0. The van der Waals surface area contributed by atoms with E-state index in [9.17, 15) is 14.7 Å². The summed E-state index contributed by atoms with van der Waals surface area (Å²) in [6.07, 6.45) is -0.294. The Morgan fingerprint density at radius 2 is 2.39 bits per heavy atom. The first-order valence-electron chi connectivity index (χ1n) is 5.82. The Balaban J connectivity index is 2.15. The molecule has 0 radical (unpaired) electrons. The maximum atomic E-state index is 11.6. The number of aliphatic hydroxyl groups is 1. The highest BCUT2D eigenvalue weighted by molar-refractivity contribution is 4.89. The van der Waals surface area contributed by atoms with Gasteiger partial charge in [0.15, 0.2) is 6.23 Å². The Kier molecular flexibility index (Phi) is 3.95. The van der Waals surface area contributed by atoms with E-state index in [1.54, 1.807) is 0 Å². The fourth-order valence-corrected chi connectivity index (χ4v) is 1.94. The summed E-state index contributed by atoms with van der Waals surface area (Å²) in [4.78, 5) is 24.7. The van der Waals surface area contributed by atoms with Gasteiger partial charge in [0.2, 0.25) is 0 Å². The molecular formula is C11H16N2O5. The Morgan fingerprint density at radius 1 is 1.61 bits per heavy atom. The standard InChI is InChI=1S/C11H16N2O5/c1-2-17-5-7-6-18-10(9(7)15)13-4-3-8(14)12-11(13)16/h3-4,7,9-10,15H,2,5-6H2,1H3,(H,12,14,16)/t7-,9+,10+/m0/s1. The van der Waals surface area contributed by atoms with Gasteiger partial charge in [-0.1, -0.05) is 0 Å². The molecule has 0 spiro atoms. The largest absolute Gasteiger partial charge is 0.388 e. The van der Waals surface area contributed by atoms with Crippen LogP contribution in [0.15, 0.2) is 21.9 Å². The molecule has 0 bridgehead atoms. The van der Waals surface area contributed by atoms with Crippen LogP contribution in [0.3, 0.4) is 0 Å². The molecule has 2 heterocycles. The van der Waals surface area contributed by atoms with Gasteiger partial charge in [-0.2, -0.15) is 0 Å². The average molecular weight is 256 g/mol. The highest BCUT2D eigenvalue weighted by Crippen LogP contribution is 2.27. The van der Waals surface area contributed by atoms with Crippen LogP contribution < -0.4 is 11.2 Å². The number of aromatic amines is 1. The second-order valence-corrected chi connectivity index (χ2v) is 4.15. The molecule has 0 unspecified atom stereocenters. The number of nitrogens with one attached hydrogen (secondary N) is 1. The van der Waals surface area contributed by atoms with Gasteiger partial charge in [0.05, 0.1) is 13.2 Å². The Bertz CT molecular complexity index is 509. The number of nitrogens with zero attached hydrogens (tertiary/aromatic N) is 1. The van der Waals surface area contributed by atoms with Crippen molar-refractivity contribution < 1.29 is 14.6 Å². The molecule has 1 saturated heterocycles. The molecule has 18 heavy (non-hydrogen) atoms. The normalized spacial score (nSPS) is 27.6. The smallest absolute Gasteiger partial charge is 0.330 e. The summed E-state index contributed by atoms with van der Waals surface area (Å²) in [5, 5.41) is 10.1. The molecule has 1 fully saturated rings. The fourth-order valence-electron chi connectivity index (χ4n) is 1.94. The molecule has 2 N–H and O–H groups in total. The van der Waals surface area contributed by atoms with Crippen LogP contribution in [-0.2, 0) is 9.47 Å². The van der Waals surface area contributed by atoms with Crippen LogP contribution in [0.2, 0.25) is 0 Å². The summed E-state index contributed by atoms with van der Waals surface area (Å²) in [5.74, 6) is -0.172. The van der Waals surface area contributed by atoms with Crippen LogP contribution in [0.25, 0.3) is 0 Å². The summed E-state index contributed by atoms with van der Waals surface area (Å²) < 4.78 is 11.8. The highest BCUT2D eigenvalue weighted by atomic mass is 16.5. The lowest BCUT2D eigenvalue weighted by molar-refractivity contribution is -0.0182. The number of H-pyrrole nitrogens is 1. The monoisotopic (exact) mass is 256 g/mol. The summed E-state index contributed by atoms with van der Waals surface area (Å²) >= 11 is 0. The third-order valence-electron chi connectivity index (χ3n) is 2.92. The van der Waals surface area contributed by atoms with Crippen LogP contribution in [0.5, 0.6) is 0 Å². The van der Waals surface area contributed by atoms with Crippen molar-refractivity contribution in [2.24, 2.45) is 5.92 Å². The van der Waals surface area contributed by atoms with E-state index in [4.69, 9.17) is 9.47 Å². The number of hydrogen-bond donors (Lipinski definition) is 2. The summed E-state index contributed by atoms with van der Waals surface area (Å²) in [6.45, 7) is 3.13. The van der Waals surface area contributed by atoms with Crippen LogP contribution in [0, 0.1) is 5.92 Å². The number of hydrogen-bond acceptors (Lipinski definition) is 5. The summed E-state index contributed by atoms with van der Waals surface area (Å²) in [7, 11) is 0. The van der Waals surface area contributed by atoms with E-state index in [2.05, 4.69) is 4.98 Å². The van der Waals surface area contributed by atoms with Gasteiger partial charge in [-0.05, 0) is 6.92 Å². The predicted molar refractivity (Wildman–Crippen MR) is 62.3 cm³/mol. The predicted octanol–water partition coefficient (Wildman–Crippen LogP) is -0.921. The lowest BCUT2D eigenvalue weighted by Crippen LogP contribution is -2.36. The van der Waals surface area contributed by atoms with Crippen molar-refractivity contribution in [3.05, 3.63) is 33.1 Å². The van der Waals surface area contributed by atoms with Gasteiger partial charge in [0.25, 0.3) is 5.56 Å². The topological polar surface area (TPSA) is 93.5 Å². The van der Waals surface area contributed by atoms with E-state index in [-0.39, 0.29) is 5.92 Å². The fraction of sp³-hybridized carbons (Fsp3) is 0.636. The van der Waals surface area contributed by atoms with Gasteiger partial charge in [-0.25, -0.2) is 4.79 Å². The first-order valence-corrected chi connectivity index (χ1v) is 5.82. The molecule has 1 aliphatic rings. The molecular weight excluding hydrogens is 240 g/mol. The van der Waals surface area contributed by atoms with Crippen molar-refractivity contribution in [3.8, 4) is 0 Å². The molecule has 1 aliphatic heterocycles. The van der Waals surface area contributed by atoms with Crippen molar-refractivity contribution in [2.45, 2.75) is 19.3 Å². The van der Waals surface area contributed by atoms with Crippen LogP contribution in [0.4, 0.5) is 0 Å². The van der Waals surface area contributed by atoms with Gasteiger partial charge < -0.3 is 14.6 Å². The first kappa shape index (κ1) is 13.0. The summed E-state index contributed by atoms with van der Waals surface area (Å²) in [5.41, 5.74) is -1.07. The third kappa shape index (κ3) is 2.53. The molecule has 7 nitrogen and oxygen atoms in total. The highest BCUT2D eigenvalue weighted by Gasteiger charge is 2.37. The Labute approximate surface area is 103 Å². The van der Waals surface area contributed by atoms with E-state index >= 15 is 0 Å². The molecule has 0 aliphatic carbocycles. The van der Waals surface area contributed by atoms with Gasteiger partial charge >= 0.3 is 5.69 Å². The Morgan fingerprint density at radius 3 is 3.06 bits per heavy atom. The van der Waals surface area contributed by atoms with Gasteiger partial charge in [-0.3, -0.25) is 14.3 Å². The molecule has 0 amide bonds. The second-order valence-electron chi connectivity index (χ2n) is 4.15. The van der Waals surface area contributed by atoms with Crippen LogP contribution in [0.1, 0.15) is 13.2 Å². The van der Waals surface area contributed by atoms with E-state index in [1.165, 1.54) is 16.8 Å². The second kappa shape index (κ2) is 5.47. The molecule has 1 aromatic rings. The maximum absolute atomic E-state index is 11.6. The average Bonchev–Trinajstić information content (AvgIpc) is 2.68. The van der Waals surface area contributed by atoms with Crippen molar-refractivity contribution in [1.29, 1.82) is 0 Å². The minimum Gasteiger partial charge on any atom is -0.388 e. The molecule has 7 heteroatoms. The molecule has 3 atom stereocenters. The minimum atomic E-state index is -0.833. The lowest BCUT2D eigenvalue weighted by Gasteiger charge is -2.18. The van der Waals surface area contributed by atoms with Crippen LogP contribution >= 0.6 is 0 Å². The van der Waals surface area contributed by atoms with Crippen LogP contribution in [-0.4, -0.2) is 40.6 Å². The van der Waals surface area contributed by atoms with Gasteiger partial charge in [0, 0.05) is 24.8 Å². The van der Waals surface area contributed by atoms with Gasteiger partial charge in [0.1, 0.15) is 6.10 Å². The zero-order valence-electron chi connectivity index (χ0n) is 10.0. The van der Waals surface area contributed by atoms with E-state index in [1.807, 2.05) is 6.92 Å². The molecule has 100 valence electrons. The Hall–Kier alpha value is -1.44. The van der Waals surface area contributed by atoms with Crippen molar-refractivity contribution in [1.82, 2.24) is 9.55 Å². The zero-order chi connectivity index (χ0) is 13.1. The molecule has 0 aromatic carbocycles. The van der Waals surface area contributed by atoms with Gasteiger partial charge in [-0.15, -0.1) is 0 Å². The van der Waals surface area contributed by atoms with E-state index < -0.39 is 23.6 Å². The lowest BCUT2D eigenvalue weighted by atomic mass is 10.1. The van der Waals surface area contributed by atoms with Crippen molar-refractivity contribution in [2.75, 3.05) is 19.8 Å². The number of aliphatic hydroxyl groups excluding tert-OH is 1. The molecule has 2 rings (SSSR count). The summed E-state index contributed by atoms with van der Waals surface area (Å²) in [6, 6.07) is 1.22. The molecule has 0 saturated carbocycles. The van der Waals surface area contributed by atoms with E-state index in [0.717, 1.165) is 0 Å². The SMILES string of the molecule is CCOC[C@H]1CO[C@@H](n2ccc(=O)[nH]c2=O)[C@@H]1O. The number of rotatable bonds is 4.